The normalized spacial score (nSPS) is 11.4. The van der Waals surface area contributed by atoms with Crippen LogP contribution in [-0.4, -0.2) is 0 Å². The van der Waals surface area contributed by atoms with Crippen LogP contribution in [0.1, 0.15) is 16.7 Å². The smallest absolute Gasteiger partial charge is 0.419 e. The monoisotopic (exact) mass is 344 g/mol. The minimum atomic E-state index is -4.43. The number of rotatable bonds is 3. The molecule has 5 heteroatoms. The van der Waals surface area contributed by atoms with E-state index in [0.29, 0.717) is 11.1 Å². The van der Waals surface area contributed by atoms with Crippen molar-refractivity contribution in [2.75, 3.05) is 0 Å². The summed E-state index contributed by atoms with van der Waals surface area (Å²) < 4.78 is 44.0. The summed E-state index contributed by atoms with van der Waals surface area (Å²) in [4.78, 5) is 0. The third-order valence-electron chi connectivity index (χ3n) is 2.88. The highest BCUT2D eigenvalue weighted by Crippen LogP contribution is 2.38. The van der Waals surface area contributed by atoms with Gasteiger partial charge in [-0.05, 0) is 42.3 Å². The Labute approximate surface area is 123 Å². The van der Waals surface area contributed by atoms with Crippen molar-refractivity contribution in [1.29, 1.82) is 0 Å². The van der Waals surface area contributed by atoms with Crippen molar-refractivity contribution >= 4 is 15.9 Å². The highest BCUT2D eigenvalue weighted by molar-refractivity contribution is 9.08. The molecule has 0 atom stereocenters. The first kappa shape index (κ1) is 14.9. The zero-order valence-electron chi connectivity index (χ0n) is 10.7. The fourth-order valence-electron chi connectivity index (χ4n) is 1.80. The number of hydrogen-bond acceptors (Lipinski definition) is 1. The maximum absolute atomic E-state index is 12.9. The fourth-order valence-corrected chi connectivity index (χ4v) is 2.43. The van der Waals surface area contributed by atoms with Gasteiger partial charge in [0.1, 0.15) is 11.5 Å². The standard InChI is InChI=1S/C15H12BrF3O/c1-10-8-12(7-6-11(10)9-16)20-14-5-3-2-4-13(14)15(17,18)19/h2-8H,9H2,1H3. The van der Waals surface area contributed by atoms with Crippen LogP contribution in [0.2, 0.25) is 0 Å². The van der Waals surface area contributed by atoms with Crippen molar-refractivity contribution in [2.45, 2.75) is 18.4 Å². The molecule has 0 spiro atoms. The van der Waals surface area contributed by atoms with Crippen molar-refractivity contribution in [3.05, 3.63) is 59.2 Å². The molecule has 0 bridgehead atoms. The fraction of sp³-hybridized carbons (Fsp3) is 0.200. The molecule has 20 heavy (non-hydrogen) atoms. The summed E-state index contributed by atoms with van der Waals surface area (Å²) in [6.07, 6.45) is -4.43. The molecule has 0 N–H and O–H groups in total. The van der Waals surface area contributed by atoms with Gasteiger partial charge >= 0.3 is 6.18 Å². The molecule has 0 aliphatic heterocycles. The summed E-state index contributed by atoms with van der Waals surface area (Å²) in [5, 5.41) is 0.693. The van der Waals surface area contributed by atoms with Crippen LogP contribution in [-0.2, 0) is 11.5 Å². The SMILES string of the molecule is Cc1cc(Oc2ccccc2C(F)(F)F)ccc1CBr. The molecular formula is C15H12BrF3O. The van der Waals surface area contributed by atoms with E-state index in [-0.39, 0.29) is 5.75 Å². The number of aryl methyl sites for hydroxylation is 1. The molecular weight excluding hydrogens is 333 g/mol. The second-order valence-electron chi connectivity index (χ2n) is 4.32. The lowest BCUT2D eigenvalue weighted by molar-refractivity contribution is -0.138. The quantitative estimate of drug-likeness (QED) is 0.649. The van der Waals surface area contributed by atoms with Gasteiger partial charge in [-0.2, -0.15) is 13.2 Å². The van der Waals surface area contributed by atoms with Crippen LogP contribution in [0.4, 0.5) is 13.2 Å². The number of ether oxygens (including phenoxy) is 1. The first-order chi connectivity index (χ1) is 9.41. The van der Waals surface area contributed by atoms with E-state index in [1.807, 2.05) is 13.0 Å². The van der Waals surface area contributed by atoms with Crippen LogP contribution < -0.4 is 4.74 Å². The van der Waals surface area contributed by atoms with E-state index in [0.717, 1.165) is 17.2 Å². The van der Waals surface area contributed by atoms with Crippen LogP contribution in [0, 0.1) is 6.92 Å². The van der Waals surface area contributed by atoms with Gasteiger partial charge in [0.05, 0.1) is 5.56 Å². The van der Waals surface area contributed by atoms with E-state index >= 15 is 0 Å². The van der Waals surface area contributed by atoms with E-state index in [1.54, 1.807) is 12.1 Å². The van der Waals surface area contributed by atoms with E-state index in [9.17, 15) is 13.2 Å². The Balaban J connectivity index is 2.33. The van der Waals surface area contributed by atoms with Gasteiger partial charge in [-0.15, -0.1) is 0 Å². The second kappa shape index (κ2) is 5.87. The molecule has 0 amide bonds. The number of benzene rings is 2. The van der Waals surface area contributed by atoms with Gasteiger partial charge in [0, 0.05) is 5.33 Å². The number of alkyl halides is 4. The minimum Gasteiger partial charge on any atom is -0.457 e. The van der Waals surface area contributed by atoms with E-state index < -0.39 is 11.7 Å². The van der Waals surface area contributed by atoms with Crippen molar-refractivity contribution in [2.24, 2.45) is 0 Å². The topological polar surface area (TPSA) is 9.23 Å². The summed E-state index contributed by atoms with van der Waals surface area (Å²) in [5.74, 6) is 0.204. The molecule has 0 aromatic heterocycles. The molecule has 0 fully saturated rings. The molecule has 1 nitrogen and oxygen atoms in total. The van der Waals surface area contributed by atoms with Gasteiger partial charge in [0.15, 0.2) is 0 Å². The van der Waals surface area contributed by atoms with E-state index in [2.05, 4.69) is 15.9 Å². The predicted octanol–water partition coefficient (Wildman–Crippen LogP) is 5.70. The summed E-state index contributed by atoms with van der Waals surface area (Å²) >= 11 is 3.35. The number of para-hydroxylation sites is 1. The zero-order valence-corrected chi connectivity index (χ0v) is 12.3. The maximum atomic E-state index is 12.9. The summed E-state index contributed by atoms with van der Waals surface area (Å²) in [6.45, 7) is 1.89. The Kier molecular flexibility index (Phi) is 4.38. The van der Waals surface area contributed by atoms with Gasteiger partial charge in [0.25, 0.3) is 0 Å². The largest absolute Gasteiger partial charge is 0.457 e. The van der Waals surface area contributed by atoms with Crippen molar-refractivity contribution in [1.82, 2.24) is 0 Å². The van der Waals surface area contributed by atoms with Gasteiger partial charge in [-0.25, -0.2) is 0 Å². The molecule has 0 saturated carbocycles. The molecule has 0 unspecified atom stereocenters. The third kappa shape index (κ3) is 3.33. The summed E-state index contributed by atoms with van der Waals surface area (Å²) in [5.41, 5.74) is 1.26. The molecule has 106 valence electrons. The summed E-state index contributed by atoms with van der Waals surface area (Å²) in [6, 6.07) is 10.4. The van der Waals surface area contributed by atoms with Gasteiger partial charge in [-0.3, -0.25) is 0 Å². The molecule has 2 aromatic carbocycles. The average Bonchev–Trinajstić information content (AvgIpc) is 2.38. The number of hydrogen-bond donors (Lipinski definition) is 0. The Bertz CT molecular complexity index is 608. The Morgan fingerprint density at radius 2 is 1.80 bits per heavy atom. The lowest BCUT2D eigenvalue weighted by Crippen LogP contribution is -2.06. The van der Waals surface area contributed by atoms with Crippen molar-refractivity contribution in [3.8, 4) is 11.5 Å². The first-order valence-electron chi connectivity index (χ1n) is 5.91. The minimum absolute atomic E-state index is 0.189. The molecule has 0 radical (unpaired) electrons. The van der Waals surface area contributed by atoms with Crippen LogP contribution in [0.25, 0.3) is 0 Å². The third-order valence-corrected chi connectivity index (χ3v) is 3.48. The highest BCUT2D eigenvalue weighted by Gasteiger charge is 2.34. The highest BCUT2D eigenvalue weighted by atomic mass is 79.9. The molecule has 2 aromatic rings. The average molecular weight is 345 g/mol. The van der Waals surface area contributed by atoms with Crippen LogP contribution >= 0.6 is 15.9 Å². The summed E-state index contributed by atoms with van der Waals surface area (Å²) in [7, 11) is 0. The Morgan fingerprint density at radius 3 is 2.40 bits per heavy atom. The predicted molar refractivity (Wildman–Crippen MR) is 75.3 cm³/mol. The molecule has 0 saturated heterocycles. The first-order valence-corrected chi connectivity index (χ1v) is 7.03. The Morgan fingerprint density at radius 1 is 1.10 bits per heavy atom. The lowest BCUT2D eigenvalue weighted by atomic mass is 10.1. The van der Waals surface area contributed by atoms with Crippen molar-refractivity contribution < 1.29 is 17.9 Å². The molecule has 0 heterocycles. The van der Waals surface area contributed by atoms with E-state index in [4.69, 9.17) is 4.74 Å². The van der Waals surface area contributed by atoms with Crippen LogP contribution in [0.5, 0.6) is 11.5 Å². The van der Waals surface area contributed by atoms with Gasteiger partial charge in [-0.1, -0.05) is 34.1 Å². The Hall–Kier alpha value is -1.49. The second-order valence-corrected chi connectivity index (χ2v) is 4.88. The maximum Gasteiger partial charge on any atom is 0.419 e. The van der Waals surface area contributed by atoms with Crippen LogP contribution in [0.3, 0.4) is 0 Å². The van der Waals surface area contributed by atoms with Crippen molar-refractivity contribution in [3.63, 3.8) is 0 Å². The van der Waals surface area contributed by atoms with E-state index in [1.165, 1.54) is 18.2 Å². The number of halogens is 4. The molecule has 0 aliphatic rings. The lowest BCUT2D eigenvalue weighted by Gasteiger charge is -2.14. The van der Waals surface area contributed by atoms with Gasteiger partial charge in [0.2, 0.25) is 0 Å². The van der Waals surface area contributed by atoms with Gasteiger partial charge < -0.3 is 4.74 Å². The van der Waals surface area contributed by atoms with Crippen LogP contribution in [0.15, 0.2) is 42.5 Å². The molecule has 0 aliphatic carbocycles. The zero-order chi connectivity index (χ0) is 14.8. The molecule has 2 rings (SSSR count).